The van der Waals surface area contributed by atoms with Crippen LogP contribution in [0.25, 0.3) is 17.2 Å². The average Bonchev–Trinajstić information content (AvgIpc) is 2.44. The Hall–Kier alpha value is -2.56. The summed E-state index contributed by atoms with van der Waals surface area (Å²) in [4.78, 5) is 10.7. The molecular weight excluding hydrogens is 279 g/mol. The van der Waals surface area contributed by atoms with Crippen LogP contribution in [0, 0.1) is 0 Å². The molecule has 2 N–H and O–H groups in total. The molecule has 0 bridgehead atoms. The first kappa shape index (κ1) is 14.8. The maximum atomic E-state index is 13.0. The Morgan fingerprint density at radius 2 is 1.76 bits per heavy atom. The van der Waals surface area contributed by atoms with E-state index in [9.17, 15) is 18.0 Å². The molecule has 0 fully saturated rings. The lowest BCUT2D eigenvalue weighted by Gasteiger charge is -2.13. The van der Waals surface area contributed by atoms with Crippen molar-refractivity contribution in [3.63, 3.8) is 0 Å². The molecule has 2 nitrogen and oxygen atoms in total. The fourth-order valence-electron chi connectivity index (χ4n) is 1.97. The van der Waals surface area contributed by atoms with Crippen molar-refractivity contribution < 1.29 is 18.0 Å². The molecule has 0 unspecified atom stereocenters. The Morgan fingerprint density at radius 3 is 2.43 bits per heavy atom. The second-order valence-electron chi connectivity index (χ2n) is 4.40. The van der Waals surface area contributed by atoms with Crippen LogP contribution in [0.2, 0.25) is 0 Å². The van der Waals surface area contributed by atoms with Crippen molar-refractivity contribution in [2.24, 2.45) is 5.73 Å². The number of hydrogen-bond acceptors (Lipinski definition) is 1. The van der Waals surface area contributed by atoms with Crippen LogP contribution in [0.1, 0.15) is 11.1 Å². The number of carbonyl (C=O) groups is 1. The third kappa shape index (κ3) is 3.72. The van der Waals surface area contributed by atoms with E-state index in [4.69, 9.17) is 5.73 Å². The van der Waals surface area contributed by atoms with E-state index in [-0.39, 0.29) is 5.56 Å². The van der Waals surface area contributed by atoms with Gasteiger partial charge in [-0.2, -0.15) is 13.2 Å². The molecule has 0 aliphatic rings. The number of rotatable bonds is 3. The van der Waals surface area contributed by atoms with Gasteiger partial charge >= 0.3 is 6.18 Å². The lowest BCUT2D eigenvalue weighted by molar-refractivity contribution is -0.137. The number of benzene rings is 2. The zero-order chi connectivity index (χ0) is 15.5. The molecule has 0 aliphatic carbocycles. The van der Waals surface area contributed by atoms with E-state index in [1.807, 2.05) is 0 Å². The van der Waals surface area contributed by atoms with Crippen LogP contribution in [0.15, 0.2) is 54.6 Å². The van der Waals surface area contributed by atoms with Crippen LogP contribution in [0.3, 0.4) is 0 Å². The predicted octanol–water partition coefficient (Wildman–Crippen LogP) is 3.87. The minimum Gasteiger partial charge on any atom is -0.366 e. The van der Waals surface area contributed by atoms with Crippen LogP contribution in [0.5, 0.6) is 0 Å². The van der Waals surface area contributed by atoms with Crippen molar-refractivity contribution >= 4 is 12.0 Å². The van der Waals surface area contributed by atoms with Crippen molar-refractivity contribution in [3.8, 4) is 11.1 Å². The third-order valence-electron chi connectivity index (χ3n) is 2.87. The molecule has 2 rings (SSSR count). The topological polar surface area (TPSA) is 43.1 Å². The number of primary amides is 1. The third-order valence-corrected chi connectivity index (χ3v) is 2.87. The monoisotopic (exact) mass is 291 g/mol. The van der Waals surface area contributed by atoms with E-state index >= 15 is 0 Å². The minimum absolute atomic E-state index is 0.0966. The van der Waals surface area contributed by atoms with Gasteiger partial charge in [-0.15, -0.1) is 0 Å². The van der Waals surface area contributed by atoms with Gasteiger partial charge in [0.15, 0.2) is 0 Å². The highest BCUT2D eigenvalue weighted by atomic mass is 19.4. The van der Waals surface area contributed by atoms with Gasteiger partial charge in [0.2, 0.25) is 5.91 Å². The summed E-state index contributed by atoms with van der Waals surface area (Å²) in [5.74, 6) is -0.615. The molecule has 2 aromatic rings. The average molecular weight is 291 g/mol. The number of nitrogens with two attached hydrogens (primary N) is 1. The number of hydrogen-bond donors (Lipinski definition) is 1. The normalized spacial score (nSPS) is 11.8. The van der Waals surface area contributed by atoms with Gasteiger partial charge in [-0.3, -0.25) is 4.79 Å². The molecule has 21 heavy (non-hydrogen) atoms. The predicted molar refractivity (Wildman–Crippen MR) is 75.1 cm³/mol. The SMILES string of the molecule is NC(=O)/C=C\c1cccc(-c2ccccc2C(F)(F)F)c1. The highest BCUT2D eigenvalue weighted by Gasteiger charge is 2.33. The Balaban J connectivity index is 2.49. The first-order valence-corrected chi connectivity index (χ1v) is 6.12. The fraction of sp³-hybridized carbons (Fsp3) is 0.0625. The van der Waals surface area contributed by atoms with Gasteiger partial charge in [0.1, 0.15) is 0 Å². The van der Waals surface area contributed by atoms with Crippen molar-refractivity contribution in [2.45, 2.75) is 6.18 Å². The molecule has 0 atom stereocenters. The van der Waals surface area contributed by atoms with Crippen molar-refractivity contribution in [1.82, 2.24) is 0 Å². The summed E-state index contributed by atoms with van der Waals surface area (Å²) in [5, 5.41) is 0. The number of amides is 1. The van der Waals surface area contributed by atoms with Gasteiger partial charge in [0.05, 0.1) is 5.56 Å². The van der Waals surface area contributed by atoms with Gasteiger partial charge in [-0.05, 0) is 34.9 Å². The Labute approximate surface area is 119 Å². The molecule has 0 heterocycles. The molecule has 1 amide bonds. The van der Waals surface area contributed by atoms with E-state index in [0.717, 1.165) is 12.1 Å². The van der Waals surface area contributed by atoms with Gasteiger partial charge in [0.25, 0.3) is 0 Å². The number of alkyl halides is 3. The summed E-state index contributed by atoms with van der Waals surface area (Å²) < 4.78 is 39.0. The summed E-state index contributed by atoms with van der Waals surface area (Å²) in [5.41, 5.74) is 5.43. The van der Waals surface area contributed by atoms with E-state index in [0.29, 0.717) is 11.1 Å². The smallest absolute Gasteiger partial charge is 0.366 e. The zero-order valence-corrected chi connectivity index (χ0v) is 10.9. The molecule has 0 spiro atoms. The first-order valence-electron chi connectivity index (χ1n) is 6.12. The molecule has 5 heteroatoms. The largest absolute Gasteiger partial charge is 0.417 e. The summed E-state index contributed by atoms with van der Waals surface area (Å²) in [7, 11) is 0. The molecule has 0 aromatic heterocycles. The second-order valence-corrected chi connectivity index (χ2v) is 4.40. The lowest BCUT2D eigenvalue weighted by Crippen LogP contribution is -2.06. The fourth-order valence-corrected chi connectivity index (χ4v) is 1.97. The van der Waals surface area contributed by atoms with E-state index in [2.05, 4.69) is 0 Å². The summed E-state index contributed by atoms with van der Waals surface area (Å²) >= 11 is 0. The van der Waals surface area contributed by atoms with Gasteiger partial charge in [-0.25, -0.2) is 0 Å². The maximum Gasteiger partial charge on any atom is 0.417 e. The lowest BCUT2D eigenvalue weighted by atomic mass is 9.97. The van der Waals surface area contributed by atoms with Crippen LogP contribution >= 0.6 is 0 Å². The number of carbonyl (C=O) groups excluding carboxylic acids is 1. The van der Waals surface area contributed by atoms with Crippen LogP contribution in [0.4, 0.5) is 13.2 Å². The summed E-state index contributed by atoms with van der Waals surface area (Å²) in [6, 6.07) is 11.8. The minimum atomic E-state index is -4.42. The highest BCUT2D eigenvalue weighted by molar-refractivity contribution is 5.90. The molecule has 0 aliphatic heterocycles. The Morgan fingerprint density at radius 1 is 1.05 bits per heavy atom. The highest BCUT2D eigenvalue weighted by Crippen LogP contribution is 2.37. The maximum absolute atomic E-state index is 13.0. The van der Waals surface area contributed by atoms with Crippen LogP contribution < -0.4 is 5.73 Å². The van der Waals surface area contributed by atoms with Crippen LogP contribution in [-0.2, 0) is 11.0 Å². The summed E-state index contributed by atoms with van der Waals surface area (Å²) in [6.07, 6.45) is -1.80. The van der Waals surface area contributed by atoms with Crippen LogP contribution in [-0.4, -0.2) is 5.91 Å². The Bertz CT molecular complexity index is 690. The molecule has 2 aromatic carbocycles. The van der Waals surface area contributed by atoms with Crippen molar-refractivity contribution in [1.29, 1.82) is 0 Å². The standard InChI is InChI=1S/C16H12F3NO/c17-16(18,19)14-7-2-1-6-13(14)12-5-3-4-11(10-12)8-9-15(20)21/h1-10H,(H2,20,21)/b9-8-. The van der Waals surface area contributed by atoms with Crippen molar-refractivity contribution in [2.75, 3.05) is 0 Å². The van der Waals surface area contributed by atoms with Gasteiger partial charge in [-0.1, -0.05) is 36.4 Å². The first-order chi connectivity index (χ1) is 9.88. The van der Waals surface area contributed by atoms with Crippen molar-refractivity contribution in [3.05, 3.63) is 65.7 Å². The van der Waals surface area contributed by atoms with E-state index < -0.39 is 17.6 Å². The summed E-state index contributed by atoms with van der Waals surface area (Å²) in [6.45, 7) is 0. The van der Waals surface area contributed by atoms with E-state index in [1.54, 1.807) is 30.3 Å². The molecule has 0 radical (unpaired) electrons. The molecule has 0 saturated heterocycles. The molecule has 108 valence electrons. The van der Waals surface area contributed by atoms with E-state index in [1.165, 1.54) is 18.2 Å². The second kappa shape index (κ2) is 5.83. The Kier molecular flexibility index (Phi) is 4.12. The van der Waals surface area contributed by atoms with Gasteiger partial charge in [0, 0.05) is 6.08 Å². The number of halogens is 3. The van der Waals surface area contributed by atoms with Gasteiger partial charge < -0.3 is 5.73 Å². The quantitative estimate of drug-likeness (QED) is 0.857. The zero-order valence-electron chi connectivity index (χ0n) is 10.9. The molecule has 0 saturated carbocycles. The molecular formula is C16H12F3NO.